The number of aromatic amines is 1. The van der Waals surface area contributed by atoms with Crippen molar-refractivity contribution in [2.24, 2.45) is 0 Å². The summed E-state index contributed by atoms with van der Waals surface area (Å²) in [5.74, 6) is 0.933. The number of anilines is 1. The van der Waals surface area contributed by atoms with Gasteiger partial charge in [0.1, 0.15) is 18.1 Å². The second-order valence-corrected chi connectivity index (χ2v) is 9.38. The van der Waals surface area contributed by atoms with Crippen LogP contribution in [-0.2, 0) is 10.0 Å². The molecule has 0 aliphatic heterocycles. The van der Waals surface area contributed by atoms with Gasteiger partial charge in [0.15, 0.2) is 0 Å². The molecule has 4 aromatic rings. The molecular formula is C23H25N3O5S. The number of aromatic nitrogens is 1. The fourth-order valence-electron chi connectivity index (χ4n) is 3.59. The van der Waals surface area contributed by atoms with Crippen LogP contribution < -0.4 is 14.8 Å². The van der Waals surface area contributed by atoms with Crippen LogP contribution in [0.3, 0.4) is 0 Å². The van der Waals surface area contributed by atoms with Crippen LogP contribution in [-0.4, -0.2) is 49.6 Å². The van der Waals surface area contributed by atoms with Crippen molar-refractivity contribution in [3.05, 3.63) is 66.2 Å². The number of phenols is 1. The van der Waals surface area contributed by atoms with E-state index < -0.39 is 16.1 Å². The number of aromatic hydroxyl groups is 1. The third kappa shape index (κ3) is 5.31. The lowest BCUT2D eigenvalue weighted by Crippen LogP contribution is -2.26. The zero-order valence-electron chi connectivity index (χ0n) is 17.5. The Morgan fingerprint density at radius 2 is 1.78 bits per heavy atom. The number of sulfonamides is 1. The molecule has 8 nitrogen and oxygen atoms in total. The summed E-state index contributed by atoms with van der Waals surface area (Å²) >= 11 is 0. The molecule has 0 unspecified atom stereocenters. The first kappa shape index (κ1) is 21.9. The largest absolute Gasteiger partial charge is 0.508 e. The molecule has 3 aromatic carbocycles. The Hall–Kier alpha value is -3.27. The molecule has 32 heavy (non-hydrogen) atoms. The molecule has 1 atom stereocenters. The molecule has 1 heterocycles. The third-order valence-electron chi connectivity index (χ3n) is 5.01. The smallest absolute Gasteiger partial charge is 0.229 e. The van der Waals surface area contributed by atoms with Crippen LogP contribution in [0.5, 0.6) is 11.5 Å². The average molecular weight is 456 g/mol. The average Bonchev–Trinajstić information content (AvgIpc) is 3.08. The van der Waals surface area contributed by atoms with E-state index in [1.54, 1.807) is 36.4 Å². The Labute approximate surface area is 185 Å². The molecule has 0 aliphatic rings. The van der Waals surface area contributed by atoms with E-state index in [2.05, 4.69) is 15.0 Å². The monoisotopic (exact) mass is 455 g/mol. The molecule has 0 bridgehead atoms. The number of phenolic OH excluding ortho intramolecular Hbond substituents is 1. The maximum atomic E-state index is 11.4. The van der Waals surface area contributed by atoms with Gasteiger partial charge in [0.25, 0.3) is 0 Å². The van der Waals surface area contributed by atoms with Crippen molar-refractivity contribution in [2.75, 3.05) is 30.7 Å². The molecule has 0 saturated heterocycles. The van der Waals surface area contributed by atoms with Gasteiger partial charge in [-0.05, 0) is 42.0 Å². The summed E-state index contributed by atoms with van der Waals surface area (Å²) in [4.78, 5) is 3.28. The number of hydrogen-bond donors (Lipinski definition) is 5. The summed E-state index contributed by atoms with van der Waals surface area (Å²) in [7, 11) is -3.37. The van der Waals surface area contributed by atoms with Gasteiger partial charge in [0, 0.05) is 41.7 Å². The molecular weight excluding hydrogens is 430 g/mol. The Bertz CT molecular complexity index is 1350. The highest BCUT2D eigenvalue weighted by molar-refractivity contribution is 7.92. The number of hydrogen-bond acceptors (Lipinski definition) is 6. The molecule has 0 spiro atoms. The van der Waals surface area contributed by atoms with Gasteiger partial charge in [-0.1, -0.05) is 12.1 Å². The van der Waals surface area contributed by atoms with Crippen molar-refractivity contribution in [3.8, 4) is 11.5 Å². The van der Waals surface area contributed by atoms with E-state index in [4.69, 9.17) is 4.74 Å². The van der Waals surface area contributed by atoms with Gasteiger partial charge in [0.2, 0.25) is 10.0 Å². The zero-order valence-corrected chi connectivity index (χ0v) is 18.3. The van der Waals surface area contributed by atoms with Crippen LogP contribution in [0, 0.1) is 0 Å². The van der Waals surface area contributed by atoms with Crippen LogP contribution in [0.1, 0.15) is 11.7 Å². The van der Waals surface area contributed by atoms with Crippen LogP contribution >= 0.6 is 0 Å². The first-order valence-corrected chi connectivity index (χ1v) is 12.0. The maximum Gasteiger partial charge on any atom is 0.229 e. The topological polar surface area (TPSA) is 124 Å². The van der Waals surface area contributed by atoms with Crippen molar-refractivity contribution in [1.82, 2.24) is 10.3 Å². The standard InChI is InChI=1S/C23H25N3O5S/c1-32(29,30)26-16-4-2-3-15(11-16)23(28)14-24-9-10-31-18-6-8-20-19-7-5-17(27)12-21(19)25-22(20)13-18/h2-8,11-13,23-28H,9-10,14H2,1H3/t23-/m1/s1. The number of ether oxygens (including phenoxy) is 1. The molecule has 9 heteroatoms. The molecule has 1 aromatic heterocycles. The molecule has 0 fully saturated rings. The lowest BCUT2D eigenvalue weighted by Gasteiger charge is -2.14. The number of aliphatic hydroxyl groups is 1. The quantitative estimate of drug-likeness (QED) is 0.247. The summed E-state index contributed by atoms with van der Waals surface area (Å²) in [6.07, 6.45) is 0.300. The third-order valence-corrected chi connectivity index (χ3v) is 5.62. The predicted molar refractivity (Wildman–Crippen MR) is 126 cm³/mol. The summed E-state index contributed by atoms with van der Waals surface area (Å²) in [6.45, 7) is 1.24. The summed E-state index contributed by atoms with van der Waals surface area (Å²) < 4.78 is 30.9. The van der Waals surface area contributed by atoms with Gasteiger partial charge >= 0.3 is 0 Å². The van der Waals surface area contributed by atoms with E-state index in [0.29, 0.717) is 30.9 Å². The SMILES string of the molecule is CS(=O)(=O)Nc1cccc([C@H](O)CNCCOc2ccc3c(c2)[nH]c2cc(O)ccc23)c1. The van der Waals surface area contributed by atoms with Gasteiger partial charge in [0.05, 0.1) is 23.4 Å². The van der Waals surface area contributed by atoms with Crippen molar-refractivity contribution < 1.29 is 23.4 Å². The fraction of sp³-hybridized carbons (Fsp3) is 0.217. The van der Waals surface area contributed by atoms with Crippen LogP contribution in [0.25, 0.3) is 21.8 Å². The number of nitrogens with one attached hydrogen (secondary N) is 3. The Morgan fingerprint density at radius 3 is 2.56 bits per heavy atom. The minimum Gasteiger partial charge on any atom is -0.508 e. The van der Waals surface area contributed by atoms with Gasteiger partial charge in [-0.3, -0.25) is 4.72 Å². The Balaban J connectivity index is 1.28. The fourth-order valence-corrected chi connectivity index (χ4v) is 4.14. The molecule has 168 valence electrons. The minimum absolute atomic E-state index is 0.215. The number of fused-ring (bicyclic) bond motifs is 3. The van der Waals surface area contributed by atoms with Crippen molar-refractivity contribution in [1.29, 1.82) is 0 Å². The minimum atomic E-state index is -3.37. The second-order valence-electron chi connectivity index (χ2n) is 7.63. The summed E-state index contributed by atoms with van der Waals surface area (Å²) in [5.41, 5.74) is 2.81. The molecule has 4 rings (SSSR count). The molecule has 0 aliphatic carbocycles. The number of benzene rings is 3. The lowest BCUT2D eigenvalue weighted by atomic mass is 10.1. The van der Waals surface area contributed by atoms with Crippen LogP contribution in [0.4, 0.5) is 5.69 Å². The normalized spacial score (nSPS) is 12.8. The van der Waals surface area contributed by atoms with Crippen molar-refractivity contribution in [3.63, 3.8) is 0 Å². The van der Waals surface area contributed by atoms with Gasteiger partial charge < -0.3 is 25.3 Å². The van der Waals surface area contributed by atoms with E-state index in [0.717, 1.165) is 33.8 Å². The molecule has 0 saturated carbocycles. The maximum absolute atomic E-state index is 11.4. The van der Waals surface area contributed by atoms with E-state index in [1.165, 1.54) is 0 Å². The van der Waals surface area contributed by atoms with E-state index in [1.807, 2.05) is 24.3 Å². The molecule has 0 amide bonds. The molecule has 0 radical (unpaired) electrons. The van der Waals surface area contributed by atoms with Crippen LogP contribution in [0.2, 0.25) is 0 Å². The first-order chi connectivity index (χ1) is 15.3. The predicted octanol–water partition coefficient (Wildman–Crippen LogP) is 3.10. The van der Waals surface area contributed by atoms with Crippen molar-refractivity contribution in [2.45, 2.75) is 6.10 Å². The van der Waals surface area contributed by atoms with E-state index in [-0.39, 0.29) is 5.75 Å². The van der Waals surface area contributed by atoms with Gasteiger partial charge in [-0.25, -0.2) is 8.42 Å². The van der Waals surface area contributed by atoms with Gasteiger partial charge in [-0.2, -0.15) is 0 Å². The van der Waals surface area contributed by atoms with Gasteiger partial charge in [-0.15, -0.1) is 0 Å². The second kappa shape index (κ2) is 9.07. The van der Waals surface area contributed by atoms with Crippen molar-refractivity contribution >= 4 is 37.5 Å². The first-order valence-electron chi connectivity index (χ1n) is 10.1. The van der Waals surface area contributed by atoms with E-state index in [9.17, 15) is 18.6 Å². The van der Waals surface area contributed by atoms with E-state index >= 15 is 0 Å². The van der Waals surface area contributed by atoms with Crippen LogP contribution in [0.15, 0.2) is 60.7 Å². The highest BCUT2D eigenvalue weighted by Crippen LogP contribution is 2.30. The molecule has 5 N–H and O–H groups in total. The Kier molecular flexibility index (Phi) is 6.22. The highest BCUT2D eigenvalue weighted by atomic mass is 32.2. The summed E-state index contributed by atoms with van der Waals surface area (Å²) in [6, 6.07) is 17.7. The summed E-state index contributed by atoms with van der Waals surface area (Å²) in [5, 5.41) is 25.2. The number of rotatable bonds is 9. The zero-order chi connectivity index (χ0) is 22.7. The number of H-pyrrole nitrogens is 1. The lowest BCUT2D eigenvalue weighted by molar-refractivity contribution is 0.172. The Morgan fingerprint density at radius 1 is 1.03 bits per heavy atom. The highest BCUT2D eigenvalue weighted by Gasteiger charge is 2.10. The number of aliphatic hydroxyl groups excluding tert-OH is 1.